The fourth-order valence-corrected chi connectivity index (χ4v) is 5.52. The van der Waals surface area contributed by atoms with Crippen LogP contribution in [0.1, 0.15) is 66.4 Å². The van der Waals surface area contributed by atoms with Crippen molar-refractivity contribution in [3.63, 3.8) is 0 Å². The zero-order chi connectivity index (χ0) is 25.1. The molecule has 1 aromatic carbocycles. The van der Waals surface area contributed by atoms with Crippen LogP contribution in [-0.2, 0) is 28.6 Å². The molecule has 0 N–H and O–H groups in total. The summed E-state index contributed by atoms with van der Waals surface area (Å²) in [5, 5.41) is 0. The average Bonchev–Trinajstić information content (AvgIpc) is 2.76. The molecule has 6 nitrogen and oxygen atoms in total. The first-order valence-corrected chi connectivity index (χ1v) is 11.9. The van der Waals surface area contributed by atoms with Crippen molar-refractivity contribution in [2.24, 2.45) is 17.3 Å². The van der Waals surface area contributed by atoms with E-state index in [1.54, 1.807) is 6.08 Å². The van der Waals surface area contributed by atoms with Crippen LogP contribution in [0.25, 0.3) is 6.08 Å². The molecule has 6 heteroatoms. The van der Waals surface area contributed by atoms with Gasteiger partial charge in [-0.25, -0.2) is 4.79 Å². The van der Waals surface area contributed by atoms with Gasteiger partial charge in [-0.3, -0.25) is 9.59 Å². The Bertz CT molecular complexity index is 978. The van der Waals surface area contributed by atoms with E-state index in [0.29, 0.717) is 18.8 Å². The van der Waals surface area contributed by atoms with Gasteiger partial charge in [-0.05, 0) is 37.3 Å². The second-order valence-electron chi connectivity index (χ2n) is 10.2. The zero-order valence-corrected chi connectivity index (χ0v) is 21.0. The predicted octanol–water partition coefficient (Wildman–Crippen LogP) is 5.27. The van der Waals surface area contributed by atoms with Gasteiger partial charge in [0, 0.05) is 37.7 Å². The highest BCUT2D eigenvalue weighted by molar-refractivity contribution is 5.87. The van der Waals surface area contributed by atoms with Gasteiger partial charge in [0.15, 0.2) is 5.60 Å². The summed E-state index contributed by atoms with van der Waals surface area (Å²) in [6, 6.07) is 9.50. The van der Waals surface area contributed by atoms with Gasteiger partial charge in [-0.2, -0.15) is 0 Å². The van der Waals surface area contributed by atoms with Gasteiger partial charge in [0.25, 0.3) is 0 Å². The summed E-state index contributed by atoms with van der Waals surface area (Å²) >= 11 is 0. The van der Waals surface area contributed by atoms with Crippen molar-refractivity contribution in [3.8, 4) is 0 Å². The first-order chi connectivity index (χ1) is 16.0. The Kier molecular flexibility index (Phi) is 7.69. The van der Waals surface area contributed by atoms with Gasteiger partial charge in [-0.15, -0.1) is 0 Å². The molecule has 0 aromatic heterocycles. The van der Waals surface area contributed by atoms with Crippen molar-refractivity contribution in [1.29, 1.82) is 0 Å². The lowest BCUT2D eigenvalue weighted by molar-refractivity contribution is -0.239. The minimum atomic E-state index is -1.09. The van der Waals surface area contributed by atoms with E-state index in [1.807, 2.05) is 37.3 Å². The number of esters is 3. The van der Waals surface area contributed by atoms with Gasteiger partial charge >= 0.3 is 17.9 Å². The Hall–Kier alpha value is -2.89. The first-order valence-electron chi connectivity index (χ1n) is 11.9. The summed E-state index contributed by atoms with van der Waals surface area (Å²) < 4.78 is 17.6. The zero-order valence-electron chi connectivity index (χ0n) is 21.0. The molecule has 1 aromatic rings. The van der Waals surface area contributed by atoms with Crippen LogP contribution in [0.15, 0.2) is 48.1 Å². The Morgan fingerprint density at radius 2 is 1.62 bits per heavy atom. The fraction of sp³-hybridized carbons (Fsp3) is 0.536. The van der Waals surface area contributed by atoms with Crippen molar-refractivity contribution in [2.75, 3.05) is 0 Å². The van der Waals surface area contributed by atoms with Gasteiger partial charge in [0.05, 0.1) is 0 Å². The van der Waals surface area contributed by atoms with E-state index in [4.69, 9.17) is 14.2 Å². The number of hydrogen-bond donors (Lipinski definition) is 0. The molecule has 0 radical (unpaired) electrons. The number of ether oxygens (including phenoxy) is 3. The van der Waals surface area contributed by atoms with Crippen LogP contribution in [-0.4, -0.2) is 35.7 Å². The van der Waals surface area contributed by atoms with Crippen LogP contribution in [0.5, 0.6) is 0 Å². The highest BCUT2D eigenvalue weighted by atomic mass is 16.6. The molecule has 1 fully saturated rings. The van der Waals surface area contributed by atoms with Crippen LogP contribution < -0.4 is 0 Å². The third-order valence-electron chi connectivity index (χ3n) is 7.42. The summed E-state index contributed by atoms with van der Waals surface area (Å²) in [6.07, 6.45) is 5.74. The SMILES string of the molecule is CC(=O)O[C@@H]1C[C@@H](OC(C)=O)[C@](C)(OC(=O)/C=C/c2ccccc2)C2CC(C(C)C)=CC[C@]21C. The molecule has 1 saturated carbocycles. The van der Waals surface area contributed by atoms with Gasteiger partial charge in [0.2, 0.25) is 0 Å². The number of carbonyl (C=O) groups excluding carboxylic acids is 3. The molecule has 0 heterocycles. The summed E-state index contributed by atoms with van der Waals surface area (Å²) in [5.74, 6) is -1.23. The van der Waals surface area contributed by atoms with E-state index in [2.05, 4.69) is 26.8 Å². The molecule has 0 spiro atoms. The van der Waals surface area contributed by atoms with Crippen LogP contribution in [0.3, 0.4) is 0 Å². The molecule has 1 unspecified atom stereocenters. The van der Waals surface area contributed by atoms with E-state index in [-0.39, 0.29) is 18.3 Å². The molecule has 0 amide bonds. The van der Waals surface area contributed by atoms with E-state index in [9.17, 15) is 14.4 Å². The molecule has 2 aliphatic carbocycles. The first kappa shape index (κ1) is 25.7. The van der Waals surface area contributed by atoms with Crippen molar-refractivity contribution < 1.29 is 28.6 Å². The Balaban J connectivity index is 2.00. The standard InChI is InChI=1S/C28H36O6/c1-18(2)22-14-15-27(5)23(16-22)28(6,25(33-20(4)30)17-24(27)32-19(3)29)34-26(31)13-12-21-10-8-7-9-11-21/h7-14,18,23-25H,15-17H2,1-6H3/b13-12+/t23?,24-,25-,27-,28-/m1/s1. The largest absolute Gasteiger partial charge is 0.462 e. The maximum atomic E-state index is 13.0. The number of carbonyl (C=O) groups is 3. The summed E-state index contributed by atoms with van der Waals surface area (Å²) in [4.78, 5) is 37.0. The second kappa shape index (κ2) is 10.2. The summed E-state index contributed by atoms with van der Waals surface area (Å²) in [7, 11) is 0. The van der Waals surface area contributed by atoms with Crippen molar-refractivity contribution in [1.82, 2.24) is 0 Å². The minimum Gasteiger partial charge on any atom is -0.462 e. The maximum absolute atomic E-state index is 13.0. The van der Waals surface area contributed by atoms with Crippen LogP contribution in [0.2, 0.25) is 0 Å². The van der Waals surface area contributed by atoms with Gasteiger partial charge in [-0.1, -0.05) is 62.8 Å². The van der Waals surface area contributed by atoms with Crippen LogP contribution in [0.4, 0.5) is 0 Å². The third kappa shape index (κ3) is 5.43. The second-order valence-corrected chi connectivity index (χ2v) is 10.2. The van der Waals surface area contributed by atoms with Crippen molar-refractivity contribution in [2.45, 2.75) is 78.6 Å². The molecule has 5 atom stereocenters. The summed E-state index contributed by atoms with van der Waals surface area (Å²) in [6.45, 7) is 10.9. The highest BCUT2D eigenvalue weighted by Crippen LogP contribution is 2.57. The predicted molar refractivity (Wildman–Crippen MR) is 129 cm³/mol. The Labute approximate surface area is 202 Å². The highest BCUT2D eigenvalue weighted by Gasteiger charge is 2.63. The summed E-state index contributed by atoms with van der Waals surface area (Å²) in [5.41, 5.74) is 0.574. The number of rotatable bonds is 6. The number of hydrogen-bond acceptors (Lipinski definition) is 6. The van der Waals surface area contributed by atoms with Crippen LogP contribution in [0, 0.1) is 17.3 Å². The van der Waals surface area contributed by atoms with E-state index >= 15 is 0 Å². The Morgan fingerprint density at radius 3 is 2.21 bits per heavy atom. The quantitative estimate of drug-likeness (QED) is 0.245. The van der Waals surface area contributed by atoms with Gasteiger partial charge < -0.3 is 14.2 Å². The number of fused-ring (bicyclic) bond motifs is 1. The molecule has 3 rings (SSSR count). The van der Waals surface area contributed by atoms with Crippen molar-refractivity contribution >= 4 is 24.0 Å². The lowest BCUT2D eigenvalue weighted by Crippen LogP contribution is -2.65. The number of allylic oxidation sites excluding steroid dienone is 2. The third-order valence-corrected chi connectivity index (χ3v) is 7.42. The molecule has 2 aliphatic rings. The van der Waals surface area contributed by atoms with Gasteiger partial charge in [0.1, 0.15) is 12.2 Å². The maximum Gasteiger partial charge on any atom is 0.331 e. The molecular formula is C28H36O6. The molecule has 34 heavy (non-hydrogen) atoms. The van der Waals surface area contributed by atoms with E-state index in [1.165, 1.54) is 25.5 Å². The lowest BCUT2D eigenvalue weighted by Gasteiger charge is -2.58. The molecule has 0 aliphatic heterocycles. The normalized spacial score (nSPS) is 30.9. The molecule has 0 bridgehead atoms. The topological polar surface area (TPSA) is 78.9 Å². The fourth-order valence-electron chi connectivity index (χ4n) is 5.52. The van der Waals surface area contributed by atoms with Crippen LogP contribution >= 0.6 is 0 Å². The lowest BCUT2D eigenvalue weighted by atomic mass is 9.53. The minimum absolute atomic E-state index is 0.209. The molecular weight excluding hydrogens is 432 g/mol. The molecule has 0 saturated heterocycles. The van der Waals surface area contributed by atoms with E-state index in [0.717, 1.165) is 5.56 Å². The average molecular weight is 469 g/mol. The monoisotopic (exact) mass is 468 g/mol. The smallest absolute Gasteiger partial charge is 0.331 e. The van der Waals surface area contributed by atoms with E-state index < -0.39 is 35.2 Å². The Morgan fingerprint density at radius 1 is 1.00 bits per heavy atom. The number of benzene rings is 1. The van der Waals surface area contributed by atoms with Crippen molar-refractivity contribution in [3.05, 3.63) is 53.6 Å². The molecule has 184 valence electrons.